The molecule has 0 radical (unpaired) electrons. The van der Waals surface area contributed by atoms with E-state index in [0.29, 0.717) is 18.9 Å². The summed E-state index contributed by atoms with van der Waals surface area (Å²) in [7, 11) is 1.65. The molecule has 2 aromatic rings. The number of hydrogen-bond donors (Lipinski definition) is 1. The smallest absolute Gasteiger partial charge is 0.119 e. The second-order valence-electron chi connectivity index (χ2n) is 5.46. The van der Waals surface area contributed by atoms with E-state index in [-0.39, 0.29) is 0 Å². The van der Waals surface area contributed by atoms with Crippen LogP contribution >= 0.6 is 0 Å². The fourth-order valence-electron chi connectivity index (χ4n) is 2.30. The highest BCUT2D eigenvalue weighted by Crippen LogP contribution is 2.16. The average molecular weight is 288 g/mol. The monoisotopic (exact) mass is 288 g/mol. The van der Waals surface area contributed by atoms with Crippen LogP contribution in [0.1, 0.15) is 37.6 Å². The van der Waals surface area contributed by atoms with Gasteiger partial charge in [0.05, 0.1) is 18.9 Å². The maximum Gasteiger partial charge on any atom is 0.119 e. The van der Waals surface area contributed by atoms with Crippen LogP contribution in [0.2, 0.25) is 0 Å². The minimum atomic E-state index is -0.433. The van der Waals surface area contributed by atoms with Gasteiger partial charge in [-0.3, -0.25) is 4.68 Å². The van der Waals surface area contributed by atoms with Crippen molar-refractivity contribution in [2.24, 2.45) is 0 Å². The van der Waals surface area contributed by atoms with Gasteiger partial charge in [0.1, 0.15) is 5.75 Å². The molecular weight excluding hydrogens is 264 g/mol. The van der Waals surface area contributed by atoms with Gasteiger partial charge < -0.3 is 9.84 Å². The van der Waals surface area contributed by atoms with Crippen molar-refractivity contribution >= 4 is 0 Å². The Labute approximate surface area is 126 Å². The minimum Gasteiger partial charge on any atom is -0.497 e. The zero-order valence-corrected chi connectivity index (χ0v) is 13.0. The zero-order chi connectivity index (χ0) is 15.2. The number of hydrogen-bond acceptors (Lipinski definition) is 3. The summed E-state index contributed by atoms with van der Waals surface area (Å²) in [4.78, 5) is 0. The van der Waals surface area contributed by atoms with Crippen LogP contribution in [0.4, 0.5) is 0 Å². The summed E-state index contributed by atoms with van der Waals surface area (Å²) in [5.41, 5.74) is 2.01. The van der Waals surface area contributed by atoms with Crippen molar-refractivity contribution < 1.29 is 9.84 Å². The number of nitrogens with zero attached hydrogens (tertiary/aromatic N) is 2. The number of rotatable bonds is 7. The van der Waals surface area contributed by atoms with Crippen molar-refractivity contribution in [1.29, 1.82) is 0 Å². The van der Waals surface area contributed by atoms with Crippen molar-refractivity contribution in [2.45, 2.75) is 45.3 Å². The number of methoxy groups -OCH3 is 1. The lowest BCUT2D eigenvalue weighted by molar-refractivity contribution is 0.173. The van der Waals surface area contributed by atoms with Crippen LogP contribution in [-0.4, -0.2) is 28.1 Å². The third-order valence-corrected chi connectivity index (χ3v) is 3.76. The predicted octanol–water partition coefficient (Wildman–Crippen LogP) is 3.01. The van der Waals surface area contributed by atoms with Crippen molar-refractivity contribution in [1.82, 2.24) is 9.78 Å². The van der Waals surface area contributed by atoms with E-state index in [1.165, 1.54) is 0 Å². The summed E-state index contributed by atoms with van der Waals surface area (Å²) in [5, 5.41) is 14.8. The van der Waals surface area contributed by atoms with E-state index >= 15 is 0 Å². The van der Waals surface area contributed by atoms with Gasteiger partial charge in [-0.15, -0.1) is 0 Å². The van der Waals surface area contributed by atoms with Crippen LogP contribution in [0.25, 0.3) is 0 Å². The molecule has 114 valence electrons. The summed E-state index contributed by atoms with van der Waals surface area (Å²) in [6.07, 6.45) is 3.78. The maximum atomic E-state index is 10.2. The first kappa shape index (κ1) is 15.6. The fraction of sp³-hybridized carbons (Fsp3) is 0.471. The topological polar surface area (TPSA) is 47.3 Å². The van der Waals surface area contributed by atoms with E-state index in [2.05, 4.69) is 18.9 Å². The van der Waals surface area contributed by atoms with Crippen molar-refractivity contribution in [2.75, 3.05) is 7.11 Å². The molecular formula is C17H24N2O2. The summed E-state index contributed by atoms with van der Waals surface area (Å²) in [6, 6.07) is 10.2. The average Bonchev–Trinajstić information content (AvgIpc) is 2.94. The first-order chi connectivity index (χ1) is 10.1. The number of benzene rings is 1. The molecule has 0 spiro atoms. The number of aliphatic hydroxyl groups is 1. The Bertz CT molecular complexity index is 565. The Kier molecular flexibility index (Phi) is 5.39. The van der Waals surface area contributed by atoms with Gasteiger partial charge in [-0.1, -0.05) is 19.1 Å². The molecule has 1 N–H and O–H groups in total. The molecule has 2 unspecified atom stereocenters. The molecule has 2 atom stereocenters. The van der Waals surface area contributed by atoms with Gasteiger partial charge in [-0.2, -0.15) is 5.10 Å². The van der Waals surface area contributed by atoms with Crippen LogP contribution in [0.15, 0.2) is 36.5 Å². The van der Waals surface area contributed by atoms with Crippen molar-refractivity contribution in [3.63, 3.8) is 0 Å². The Balaban J connectivity index is 1.94. The highest BCUT2D eigenvalue weighted by Gasteiger charge is 2.11. The van der Waals surface area contributed by atoms with Gasteiger partial charge in [-0.05, 0) is 43.5 Å². The molecule has 0 saturated carbocycles. The summed E-state index contributed by atoms with van der Waals surface area (Å²) in [6.45, 7) is 4.28. The van der Waals surface area contributed by atoms with Gasteiger partial charge in [-0.25, -0.2) is 0 Å². The van der Waals surface area contributed by atoms with Crippen LogP contribution in [-0.2, 0) is 12.8 Å². The van der Waals surface area contributed by atoms with E-state index in [0.717, 1.165) is 23.4 Å². The molecule has 21 heavy (non-hydrogen) atoms. The Morgan fingerprint density at radius 1 is 1.29 bits per heavy atom. The SMILES string of the molecule is CCC(C)n1ccc(CC(O)Cc2cccc(OC)c2)n1. The van der Waals surface area contributed by atoms with Crippen LogP contribution in [0.5, 0.6) is 5.75 Å². The fourth-order valence-corrected chi connectivity index (χ4v) is 2.30. The number of ether oxygens (including phenoxy) is 1. The summed E-state index contributed by atoms with van der Waals surface area (Å²) < 4.78 is 7.17. The largest absolute Gasteiger partial charge is 0.497 e. The molecule has 4 heteroatoms. The van der Waals surface area contributed by atoms with Crippen molar-refractivity contribution in [3.8, 4) is 5.75 Å². The molecule has 0 fully saturated rings. The third kappa shape index (κ3) is 4.33. The molecule has 0 aliphatic rings. The molecule has 2 rings (SSSR count). The van der Waals surface area contributed by atoms with E-state index in [4.69, 9.17) is 4.74 Å². The molecule has 0 aliphatic heterocycles. The number of aromatic nitrogens is 2. The van der Waals surface area contributed by atoms with Gasteiger partial charge >= 0.3 is 0 Å². The Morgan fingerprint density at radius 3 is 2.81 bits per heavy atom. The number of aliphatic hydroxyl groups excluding tert-OH is 1. The van der Waals surface area contributed by atoms with Crippen molar-refractivity contribution in [3.05, 3.63) is 47.8 Å². The van der Waals surface area contributed by atoms with Crippen LogP contribution < -0.4 is 4.74 Å². The highest BCUT2D eigenvalue weighted by atomic mass is 16.5. The normalized spacial score (nSPS) is 13.9. The van der Waals surface area contributed by atoms with E-state index in [9.17, 15) is 5.11 Å². The first-order valence-electron chi connectivity index (χ1n) is 7.47. The minimum absolute atomic E-state index is 0.397. The standard InChI is InChI=1S/C17H24N2O2/c1-4-13(2)19-9-8-15(18-19)12-16(20)10-14-6-5-7-17(11-14)21-3/h5-9,11,13,16,20H,4,10,12H2,1-3H3. The van der Waals surface area contributed by atoms with E-state index in [1.807, 2.05) is 41.2 Å². The van der Waals surface area contributed by atoms with E-state index < -0.39 is 6.10 Å². The highest BCUT2D eigenvalue weighted by molar-refractivity contribution is 5.28. The summed E-state index contributed by atoms with van der Waals surface area (Å²) in [5.74, 6) is 0.820. The lowest BCUT2D eigenvalue weighted by Crippen LogP contribution is -2.15. The van der Waals surface area contributed by atoms with Gasteiger partial charge in [0.2, 0.25) is 0 Å². The molecule has 0 aliphatic carbocycles. The molecule has 0 saturated heterocycles. The van der Waals surface area contributed by atoms with Gasteiger partial charge in [0.25, 0.3) is 0 Å². The Morgan fingerprint density at radius 2 is 2.10 bits per heavy atom. The second kappa shape index (κ2) is 7.27. The Hall–Kier alpha value is -1.81. The summed E-state index contributed by atoms with van der Waals surface area (Å²) >= 11 is 0. The first-order valence-corrected chi connectivity index (χ1v) is 7.47. The second-order valence-corrected chi connectivity index (χ2v) is 5.46. The van der Waals surface area contributed by atoms with Crippen LogP contribution in [0.3, 0.4) is 0 Å². The molecule has 1 aromatic heterocycles. The molecule has 0 amide bonds. The molecule has 0 bridgehead atoms. The molecule has 1 aromatic carbocycles. The maximum absolute atomic E-state index is 10.2. The van der Waals surface area contributed by atoms with E-state index in [1.54, 1.807) is 7.11 Å². The lowest BCUT2D eigenvalue weighted by Gasteiger charge is -2.11. The van der Waals surface area contributed by atoms with Crippen LogP contribution in [0, 0.1) is 0 Å². The quantitative estimate of drug-likeness (QED) is 0.852. The predicted molar refractivity (Wildman–Crippen MR) is 83.6 cm³/mol. The van der Waals surface area contributed by atoms with Gasteiger partial charge in [0.15, 0.2) is 0 Å². The molecule has 4 nitrogen and oxygen atoms in total. The lowest BCUT2D eigenvalue weighted by atomic mass is 10.0. The van der Waals surface area contributed by atoms with Gasteiger partial charge in [0, 0.05) is 18.7 Å². The third-order valence-electron chi connectivity index (χ3n) is 3.76. The zero-order valence-electron chi connectivity index (χ0n) is 13.0. The molecule has 1 heterocycles.